The van der Waals surface area contributed by atoms with Crippen molar-refractivity contribution in [2.45, 2.75) is 12.7 Å². The van der Waals surface area contributed by atoms with Crippen molar-refractivity contribution in [2.75, 3.05) is 5.32 Å². The summed E-state index contributed by atoms with van der Waals surface area (Å²) in [5, 5.41) is 2.96. The molecule has 0 aromatic carbocycles. The molecule has 3 nitrogen and oxygen atoms in total. The predicted molar refractivity (Wildman–Crippen MR) is 76.2 cm³/mol. The van der Waals surface area contributed by atoms with Crippen LogP contribution in [0.5, 0.6) is 0 Å². The zero-order valence-electron chi connectivity index (χ0n) is 9.88. The van der Waals surface area contributed by atoms with Crippen molar-refractivity contribution in [3.63, 3.8) is 0 Å². The molecule has 0 aliphatic heterocycles. The van der Waals surface area contributed by atoms with Gasteiger partial charge in [-0.05, 0) is 50.1 Å². The van der Waals surface area contributed by atoms with Gasteiger partial charge in [0.25, 0.3) is 0 Å². The average Bonchev–Trinajstić information content (AvgIpc) is 2.37. The second-order valence-corrected chi connectivity index (χ2v) is 5.64. The topological polar surface area (TPSA) is 37.8 Å². The molecule has 0 amide bonds. The Morgan fingerprint density at radius 3 is 2.40 bits per heavy atom. The summed E-state index contributed by atoms with van der Waals surface area (Å²) in [5.41, 5.74) is 0.328. The summed E-state index contributed by atoms with van der Waals surface area (Å²) in [5.74, 6) is 0. The molecule has 20 heavy (non-hydrogen) atoms. The first-order valence-electron chi connectivity index (χ1n) is 5.43. The van der Waals surface area contributed by atoms with Crippen molar-refractivity contribution in [3.8, 4) is 0 Å². The van der Waals surface area contributed by atoms with Crippen LogP contribution < -0.4 is 5.32 Å². The molecule has 0 saturated heterocycles. The van der Waals surface area contributed by atoms with E-state index in [1.807, 2.05) is 6.07 Å². The maximum atomic E-state index is 12.4. The van der Waals surface area contributed by atoms with E-state index in [4.69, 9.17) is 0 Å². The number of halogens is 5. The lowest BCUT2D eigenvalue weighted by molar-refractivity contribution is -0.141. The van der Waals surface area contributed by atoms with Gasteiger partial charge < -0.3 is 5.32 Å². The molecular weight excluding hydrogens is 403 g/mol. The highest BCUT2D eigenvalue weighted by atomic mass is 79.9. The van der Waals surface area contributed by atoms with Crippen LogP contribution in [-0.2, 0) is 12.7 Å². The van der Waals surface area contributed by atoms with E-state index in [2.05, 4.69) is 47.1 Å². The molecule has 8 heteroatoms. The molecule has 2 aromatic heterocycles. The number of aromatic nitrogens is 2. The third kappa shape index (κ3) is 3.92. The minimum Gasteiger partial charge on any atom is -0.378 e. The molecule has 2 heterocycles. The molecule has 0 aliphatic carbocycles. The second kappa shape index (κ2) is 6.09. The molecule has 1 N–H and O–H groups in total. The van der Waals surface area contributed by atoms with Gasteiger partial charge in [0.15, 0.2) is 0 Å². The Hall–Kier alpha value is -1.15. The van der Waals surface area contributed by atoms with Crippen LogP contribution in [0.25, 0.3) is 0 Å². The summed E-state index contributed by atoms with van der Waals surface area (Å²) in [7, 11) is 0. The Labute approximate surface area is 129 Å². The van der Waals surface area contributed by atoms with Gasteiger partial charge in [0, 0.05) is 15.1 Å². The number of nitrogens with one attached hydrogen (secondary N) is 1. The van der Waals surface area contributed by atoms with Gasteiger partial charge in [-0.2, -0.15) is 13.2 Å². The summed E-state index contributed by atoms with van der Waals surface area (Å²) in [4.78, 5) is 7.56. The summed E-state index contributed by atoms with van der Waals surface area (Å²) < 4.78 is 38.7. The fourth-order valence-electron chi connectivity index (χ4n) is 1.42. The first-order chi connectivity index (χ1) is 9.36. The van der Waals surface area contributed by atoms with E-state index in [1.165, 1.54) is 6.07 Å². The van der Waals surface area contributed by atoms with E-state index >= 15 is 0 Å². The van der Waals surface area contributed by atoms with Crippen molar-refractivity contribution < 1.29 is 13.2 Å². The van der Waals surface area contributed by atoms with Crippen LogP contribution in [0, 0.1) is 0 Å². The first-order valence-corrected chi connectivity index (χ1v) is 7.02. The third-order valence-corrected chi connectivity index (χ3v) is 3.52. The van der Waals surface area contributed by atoms with Crippen LogP contribution in [0.3, 0.4) is 0 Å². The van der Waals surface area contributed by atoms with Gasteiger partial charge in [-0.15, -0.1) is 0 Å². The van der Waals surface area contributed by atoms with Crippen LogP contribution in [0.2, 0.25) is 0 Å². The van der Waals surface area contributed by atoms with Gasteiger partial charge in [-0.3, -0.25) is 4.98 Å². The summed E-state index contributed by atoms with van der Waals surface area (Å²) in [6.45, 7) is 0.376. The molecule has 2 rings (SSSR count). The Morgan fingerprint density at radius 2 is 1.85 bits per heavy atom. The summed E-state index contributed by atoms with van der Waals surface area (Å²) in [6, 6.07) is 4.12. The van der Waals surface area contributed by atoms with Gasteiger partial charge in [0.1, 0.15) is 5.69 Å². The lowest BCUT2D eigenvalue weighted by Gasteiger charge is -2.09. The van der Waals surface area contributed by atoms with Crippen molar-refractivity contribution in [1.82, 2.24) is 9.97 Å². The zero-order valence-corrected chi connectivity index (χ0v) is 13.1. The Balaban J connectivity index is 2.04. The molecule has 0 unspecified atom stereocenters. The van der Waals surface area contributed by atoms with Gasteiger partial charge in [-0.1, -0.05) is 0 Å². The first kappa shape index (κ1) is 15.2. The number of alkyl halides is 3. The minimum atomic E-state index is -4.42. The number of anilines is 1. The van der Waals surface area contributed by atoms with Gasteiger partial charge >= 0.3 is 6.18 Å². The quantitative estimate of drug-likeness (QED) is 0.801. The van der Waals surface area contributed by atoms with Crippen molar-refractivity contribution in [3.05, 3.63) is 50.9 Å². The number of hydrogen-bond donors (Lipinski definition) is 1. The summed E-state index contributed by atoms with van der Waals surface area (Å²) in [6.07, 6.45) is -1.63. The molecule has 0 fully saturated rings. The highest BCUT2D eigenvalue weighted by molar-refractivity contribution is 9.11. The Kier molecular flexibility index (Phi) is 4.64. The monoisotopic (exact) mass is 409 g/mol. The van der Waals surface area contributed by atoms with Crippen LogP contribution in [0.4, 0.5) is 18.9 Å². The summed E-state index contributed by atoms with van der Waals surface area (Å²) >= 11 is 6.65. The molecule has 0 bridgehead atoms. The molecule has 0 aliphatic rings. The number of rotatable bonds is 3. The molecule has 0 spiro atoms. The van der Waals surface area contributed by atoms with Crippen molar-refractivity contribution >= 4 is 37.5 Å². The van der Waals surface area contributed by atoms with Crippen LogP contribution in [0.1, 0.15) is 11.4 Å². The van der Waals surface area contributed by atoms with E-state index in [9.17, 15) is 13.2 Å². The number of nitrogens with zero attached hydrogens (tertiary/aromatic N) is 2. The van der Waals surface area contributed by atoms with Crippen LogP contribution >= 0.6 is 31.9 Å². The van der Waals surface area contributed by atoms with Crippen molar-refractivity contribution in [2.24, 2.45) is 0 Å². The molecule has 0 radical (unpaired) electrons. The third-order valence-electron chi connectivity index (χ3n) is 2.40. The normalized spacial score (nSPS) is 11.4. The predicted octanol–water partition coefficient (Wildman–Crippen LogP) is 4.63. The highest BCUT2D eigenvalue weighted by Crippen LogP contribution is 2.28. The van der Waals surface area contributed by atoms with Crippen molar-refractivity contribution in [1.29, 1.82) is 0 Å². The van der Waals surface area contributed by atoms with E-state index in [0.29, 0.717) is 12.2 Å². The Morgan fingerprint density at radius 1 is 1.10 bits per heavy atom. The molecular formula is C12H8Br2F3N3. The fraction of sp³-hybridized carbons (Fsp3) is 0.167. The lowest BCUT2D eigenvalue weighted by atomic mass is 10.3. The SMILES string of the molecule is FC(F)(F)c1ccc(NCc2ncc(Br)cc2Br)cn1. The minimum absolute atomic E-state index is 0.376. The number of pyridine rings is 2. The molecule has 2 aromatic rings. The standard InChI is InChI=1S/C12H8Br2F3N3/c13-7-3-9(14)10(19-4-7)6-18-8-1-2-11(20-5-8)12(15,16)17/h1-5,18H,6H2. The van der Waals surface area contributed by atoms with Gasteiger partial charge in [-0.25, -0.2) is 4.98 Å². The van der Waals surface area contributed by atoms with Gasteiger partial charge in [0.2, 0.25) is 0 Å². The maximum absolute atomic E-state index is 12.4. The largest absolute Gasteiger partial charge is 0.433 e. The van der Waals surface area contributed by atoms with E-state index < -0.39 is 11.9 Å². The Bertz CT molecular complexity index is 600. The van der Waals surface area contributed by atoms with Gasteiger partial charge in [0.05, 0.1) is 24.1 Å². The smallest absolute Gasteiger partial charge is 0.378 e. The maximum Gasteiger partial charge on any atom is 0.433 e. The highest BCUT2D eigenvalue weighted by Gasteiger charge is 2.31. The average molecular weight is 411 g/mol. The zero-order chi connectivity index (χ0) is 14.8. The van der Waals surface area contributed by atoms with Crippen LogP contribution in [0.15, 0.2) is 39.5 Å². The second-order valence-electron chi connectivity index (χ2n) is 3.87. The van der Waals surface area contributed by atoms with E-state index in [0.717, 1.165) is 26.9 Å². The van der Waals surface area contributed by atoms with E-state index in [1.54, 1.807) is 6.20 Å². The molecule has 106 valence electrons. The number of hydrogen-bond acceptors (Lipinski definition) is 3. The molecule has 0 saturated carbocycles. The fourth-order valence-corrected chi connectivity index (χ4v) is 2.55. The van der Waals surface area contributed by atoms with Crippen LogP contribution in [-0.4, -0.2) is 9.97 Å². The molecule has 0 atom stereocenters. The lowest BCUT2D eigenvalue weighted by Crippen LogP contribution is -2.08. The van der Waals surface area contributed by atoms with E-state index in [-0.39, 0.29) is 0 Å².